The van der Waals surface area contributed by atoms with Crippen molar-refractivity contribution in [3.8, 4) is 0 Å². The number of aryl methyl sites for hydroxylation is 4. The Hall–Kier alpha value is -2.24. The molecule has 2 atom stereocenters. The molecule has 3 fully saturated rings. The molecule has 0 spiro atoms. The van der Waals surface area contributed by atoms with Crippen LogP contribution in [0.5, 0.6) is 0 Å². The topological polar surface area (TPSA) is 37.2 Å². The highest BCUT2D eigenvalue weighted by Crippen LogP contribution is 2.36. The monoisotopic (exact) mass is 457 g/mol. The average molecular weight is 458 g/mol. The van der Waals surface area contributed by atoms with Crippen LogP contribution in [0.3, 0.4) is 0 Å². The summed E-state index contributed by atoms with van der Waals surface area (Å²) in [6.07, 6.45) is 7.73. The molecular formula is C29H39N5. The standard InChI is InChI=1S/C29H39N5/c1-4-27-31-28-20(2)14-21(3)30-29(28)34(27)17-24-9-7-22(8-10-24)6-5-13-32-18-26-15-25(32)19-33(26)16-23-11-12-23/h7-10,14,23,25-26H,4-6,11-13,15-19H2,1-3H3/t25-,26-/m1/s1. The van der Waals surface area contributed by atoms with Crippen molar-refractivity contribution in [3.05, 3.63) is 58.5 Å². The third-order valence-electron chi connectivity index (χ3n) is 8.35. The zero-order valence-electron chi connectivity index (χ0n) is 21.1. The van der Waals surface area contributed by atoms with E-state index in [1.807, 2.05) is 0 Å². The Morgan fingerprint density at radius 1 is 0.941 bits per heavy atom. The molecule has 1 aliphatic carbocycles. The van der Waals surface area contributed by atoms with Crippen LogP contribution in [0.1, 0.15) is 60.8 Å². The number of aromatic nitrogens is 3. The van der Waals surface area contributed by atoms with Crippen molar-refractivity contribution in [1.82, 2.24) is 24.3 Å². The van der Waals surface area contributed by atoms with Gasteiger partial charge in [-0.2, -0.15) is 0 Å². The van der Waals surface area contributed by atoms with Crippen molar-refractivity contribution in [2.75, 3.05) is 26.2 Å². The Kier molecular flexibility index (Phi) is 5.94. The number of fused-ring (bicyclic) bond motifs is 3. The van der Waals surface area contributed by atoms with E-state index in [1.165, 1.54) is 75.0 Å². The van der Waals surface area contributed by atoms with Gasteiger partial charge in [0.05, 0.1) is 6.54 Å². The highest BCUT2D eigenvalue weighted by atomic mass is 15.3. The molecule has 0 N–H and O–H groups in total. The maximum atomic E-state index is 4.89. The molecule has 3 aromatic rings. The second kappa shape index (κ2) is 9.09. The quantitative estimate of drug-likeness (QED) is 0.464. The lowest BCUT2D eigenvalue weighted by Gasteiger charge is -2.34. The van der Waals surface area contributed by atoms with Crippen LogP contribution in [-0.2, 0) is 19.4 Å². The molecule has 2 aliphatic heterocycles. The predicted molar refractivity (Wildman–Crippen MR) is 138 cm³/mol. The zero-order valence-corrected chi connectivity index (χ0v) is 21.1. The van der Waals surface area contributed by atoms with Crippen LogP contribution in [0.4, 0.5) is 0 Å². The average Bonchev–Trinajstić information content (AvgIpc) is 3.27. The van der Waals surface area contributed by atoms with E-state index in [-0.39, 0.29) is 0 Å². The normalized spacial score (nSPS) is 22.9. The number of benzene rings is 1. The lowest BCUT2D eigenvalue weighted by molar-refractivity contribution is 0.123. The van der Waals surface area contributed by atoms with Crippen LogP contribution >= 0.6 is 0 Å². The van der Waals surface area contributed by atoms with Crippen LogP contribution < -0.4 is 0 Å². The van der Waals surface area contributed by atoms with Crippen molar-refractivity contribution >= 4 is 11.2 Å². The van der Waals surface area contributed by atoms with Gasteiger partial charge >= 0.3 is 0 Å². The molecule has 180 valence electrons. The van der Waals surface area contributed by atoms with Crippen molar-refractivity contribution < 1.29 is 0 Å². The molecule has 6 rings (SSSR count). The van der Waals surface area contributed by atoms with E-state index in [9.17, 15) is 0 Å². The summed E-state index contributed by atoms with van der Waals surface area (Å²) in [6, 6.07) is 13.1. The number of hydrogen-bond donors (Lipinski definition) is 0. The maximum absolute atomic E-state index is 4.89. The van der Waals surface area contributed by atoms with Gasteiger partial charge in [0.2, 0.25) is 0 Å². The molecule has 0 radical (unpaired) electrons. The van der Waals surface area contributed by atoms with Gasteiger partial charge in [-0.25, -0.2) is 9.97 Å². The molecule has 0 amide bonds. The number of hydrogen-bond acceptors (Lipinski definition) is 4. The molecule has 5 heteroatoms. The number of imidazole rings is 1. The molecule has 2 aromatic heterocycles. The first-order valence-electron chi connectivity index (χ1n) is 13.5. The highest BCUT2D eigenvalue weighted by molar-refractivity contribution is 5.76. The van der Waals surface area contributed by atoms with E-state index < -0.39 is 0 Å². The molecule has 34 heavy (non-hydrogen) atoms. The molecule has 3 aliphatic rings. The van der Waals surface area contributed by atoms with Crippen molar-refractivity contribution in [2.45, 2.75) is 77.9 Å². The smallest absolute Gasteiger partial charge is 0.160 e. The van der Waals surface area contributed by atoms with E-state index in [2.05, 4.69) is 65.5 Å². The third-order valence-corrected chi connectivity index (χ3v) is 8.35. The second-order valence-electron chi connectivity index (χ2n) is 11.1. The highest BCUT2D eigenvalue weighted by Gasteiger charge is 2.43. The summed E-state index contributed by atoms with van der Waals surface area (Å²) in [5.41, 5.74) is 7.13. The summed E-state index contributed by atoms with van der Waals surface area (Å²) in [5, 5.41) is 0. The van der Waals surface area contributed by atoms with Crippen LogP contribution in [0.15, 0.2) is 30.3 Å². The molecule has 1 aromatic carbocycles. The summed E-state index contributed by atoms with van der Waals surface area (Å²) in [7, 11) is 0. The van der Waals surface area contributed by atoms with Gasteiger partial charge in [-0.05, 0) is 81.2 Å². The first kappa shape index (κ1) is 22.2. The van der Waals surface area contributed by atoms with E-state index >= 15 is 0 Å². The zero-order chi connectivity index (χ0) is 23.2. The van der Waals surface area contributed by atoms with Crippen LogP contribution in [-0.4, -0.2) is 62.6 Å². The van der Waals surface area contributed by atoms with Gasteiger partial charge < -0.3 is 4.57 Å². The Balaban J connectivity index is 1.04. The maximum Gasteiger partial charge on any atom is 0.160 e. The Bertz CT molecular complexity index is 1160. The van der Waals surface area contributed by atoms with Crippen LogP contribution in [0, 0.1) is 19.8 Å². The van der Waals surface area contributed by atoms with Gasteiger partial charge in [0.25, 0.3) is 0 Å². The molecular weight excluding hydrogens is 418 g/mol. The number of piperazine rings is 1. The fourth-order valence-corrected chi connectivity index (χ4v) is 6.33. The fourth-order valence-electron chi connectivity index (χ4n) is 6.33. The van der Waals surface area contributed by atoms with Crippen LogP contribution in [0.2, 0.25) is 0 Å². The van der Waals surface area contributed by atoms with Crippen molar-refractivity contribution in [1.29, 1.82) is 0 Å². The summed E-state index contributed by atoms with van der Waals surface area (Å²) in [6.45, 7) is 12.5. The number of rotatable bonds is 9. The van der Waals surface area contributed by atoms with Gasteiger partial charge in [-0.3, -0.25) is 9.80 Å². The van der Waals surface area contributed by atoms with Gasteiger partial charge in [-0.15, -0.1) is 0 Å². The minimum Gasteiger partial charge on any atom is -0.308 e. The molecule has 1 saturated carbocycles. The minimum absolute atomic E-state index is 0.824. The van der Waals surface area contributed by atoms with E-state index in [0.29, 0.717) is 0 Å². The molecule has 5 nitrogen and oxygen atoms in total. The van der Waals surface area contributed by atoms with E-state index in [1.54, 1.807) is 0 Å². The summed E-state index contributed by atoms with van der Waals surface area (Å²) in [5.74, 6) is 2.15. The molecule has 2 saturated heterocycles. The van der Waals surface area contributed by atoms with Crippen molar-refractivity contribution in [3.63, 3.8) is 0 Å². The first-order chi connectivity index (χ1) is 16.6. The Morgan fingerprint density at radius 3 is 2.38 bits per heavy atom. The minimum atomic E-state index is 0.824. The summed E-state index contributed by atoms with van der Waals surface area (Å²) in [4.78, 5) is 15.3. The lowest BCUT2D eigenvalue weighted by Crippen LogP contribution is -2.47. The number of likely N-dealkylation sites (tertiary alicyclic amines) is 2. The van der Waals surface area contributed by atoms with Gasteiger partial charge in [-0.1, -0.05) is 31.2 Å². The second-order valence-corrected chi connectivity index (χ2v) is 11.1. The molecule has 0 unspecified atom stereocenters. The molecule has 4 heterocycles. The van der Waals surface area contributed by atoms with E-state index in [4.69, 9.17) is 9.97 Å². The van der Waals surface area contributed by atoms with E-state index in [0.717, 1.165) is 53.6 Å². The van der Waals surface area contributed by atoms with Gasteiger partial charge in [0.1, 0.15) is 11.3 Å². The summed E-state index contributed by atoms with van der Waals surface area (Å²) < 4.78 is 2.30. The largest absolute Gasteiger partial charge is 0.308 e. The SMILES string of the molecule is CCc1nc2c(C)cc(C)nc2n1Cc1ccc(CCCN2C[C@H]3C[C@@H]2CN3CC2CC2)cc1. The lowest BCUT2D eigenvalue weighted by atomic mass is 10.1. The Morgan fingerprint density at radius 2 is 1.68 bits per heavy atom. The van der Waals surface area contributed by atoms with Crippen LogP contribution in [0.25, 0.3) is 11.2 Å². The summed E-state index contributed by atoms with van der Waals surface area (Å²) >= 11 is 0. The van der Waals surface area contributed by atoms with Gasteiger partial charge in [0.15, 0.2) is 5.65 Å². The molecule has 2 bridgehead atoms. The first-order valence-corrected chi connectivity index (χ1v) is 13.5. The fraction of sp³-hybridized carbons (Fsp3) is 0.586. The van der Waals surface area contributed by atoms with Gasteiger partial charge in [0, 0.05) is 43.8 Å². The van der Waals surface area contributed by atoms with Crippen molar-refractivity contribution in [2.24, 2.45) is 5.92 Å². The third kappa shape index (κ3) is 4.40. The number of nitrogens with zero attached hydrogens (tertiary/aromatic N) is 5. The number of pyridine rings is 1. The Labute approximate surface area is 204 Å². The predicted octanol–water partition coefficient (Wildman–Crippen LogP) is 4.76.